The number of fused-ring (bicyclic) bond motifs is 1. The van der Waals surface area contributed by atoms with Crippen molar-refractivity contribution in [3.63, 3.8) is 0 Å². The van der Waals surface area contributed by atoms with Gasteiger partial charge >= 0.3 is 0 Å². The fourth-order valence-electron chi connectivity index (χ4n) is 4.74. The highest BCUT2D eigenvalue weighted by Gasteiger charge is 2.27. The maximum absolute atomic E-state index is 6.42. The van der Waals surface area contributed by atoms with Crippen molar-refractivity contribution in [2.24, 2.45) is 7.05 Å². The molecule has 1 fully saturated rings. The van der Waals surface area contributed by atoms with Crippen LogP contribution in [0.5, 0.6) is 5.75 Å². The average Bonchev–Trinajstić information content (AvgIpc) is 3.43. The summed E-state index contributed by atoms with van der Waals surface area (Å²) in [5.41, 5.74) is 4.02. The molecule has 4 heterocycles. The molecule has 4 aromatic heterocycles. The van der Waals surface area contributed by atoms with E-state index < -0.39 is 0 Å². The SMILES string of the molecule is CNc1cc2c(cn1)c(-c1cnn(C)c1)nn2C1CCC(Oc2cccnc2CN(C)C)CC1. The molecular weight excluding hydrogens is 428 g/mol. The number of rotatable bonds is 7. The van der Waals surface area contributed by atoms with Gasteiger partial charge in [-0.3, -0.25) is 14.3 Å². The van der Waals surface area contributed by atoms with Crippen molar-refractivity contribution in [2.45, 2.75) is 44.4 Å². The number of anilines is 1. The summed E-state index contributed by atoms with van der Waals surface area (Å²) in [7, 11) is 7.91. The van der Waals surface area contributed by atoms with Crippen LogP contribution in [0.4, 0.5) is 5.82 Å². The lowest BCUT2D eigenvalue weighted by atomic mass is 9.93. The Bertz CT molecular complexity index is 1270. The quantitative estimate of drug-likeness (QED) is 0.448. The third-order valence-electron chi connectivity index (χ3n) is 6.42. The second-order valence-corrected chi connectivity index (χ2v) is 9.27. The molecule has 4 aromatic rings. The zero-order valence-electron chi connectivity index (χ0n) is 20.3. The van der Waals surface area contributed by atoms with E-state index in [1.54, 1.807) is 4.68 Å². The third-order valence-corrected chi connectivity index (χ3v) is 6.42. The lowest BCUT2D eigenvalue weighted by Gasteiger charge is -2.30. The predicted octanol–water partition coefficient (Wildman–Crippen LogP) is 3.89. The molecule has 0 aliphatic heterocycles. The Morgan fingerprint density at radius 3 is 2.68 bits per heavy atom. The van der Waals surface area contributed by atoms with Crippen LogP contribution in [0.2, 0.25) is 0 Å². The summed E-state index contributed by atoms with van der Waals surface area (Å²) in [6.45, 7) is 0.768. The van der Waals surface area contributed by atoms with Crippen molar-refractivity contribution in [1.82, 2.24) is 34.4 Å². The molecule has 0 saturated heterocycles. The molecule has 5 rings (SSSR count). The molecule has 34 heavy (non-hydrogen) atoms. The van der Waals surface area contributed by atoms with Gasteiger partial charge in [0.15, 0.2) is 0 Å². The van der Waals surface area contributed by atoms with E-state index in [9.17, 15) is 0 Å². The van der Waals surface area contributed by atoms with Gasteiger partial charge in [-0.25, -0.2) is 4.98 Å². The number of aryl methyl sites for hydroxylation is 1. The van der Waals surface area contributed by atoms with Crippen molar-refractivity contribution < 1.29 is 4.74 Å². The molecule has 0 radical (unpaired) electrons. The first kappa shape index (κ1) is 22.3. The van der Waals surface area contributed by atoms with E-state index in [-0.39, 0.29) is 6.10 Å². The minimum Gasteiger partial charge on any atom is -0.488 e. The standard InChI is InChI=1S/C25H32N8O/c1-26-24-12-22-20(14-28-24)25(17-13-29-32(4)15-17)30-33(22)18-7-9-19(10-8-18)34-23-6-5-11-27-21(23)16-31(2)3/h5-6,11-15,18-19H,7-10,16H2,1-4H3,(H,26,28). The van der Waals surface area contributed by atoms with E-state index >= 15 is 0 Å². The van der Waals surface area contributed by atoms with Gasteiger partial charge in [-0.1, -0.05) is 0 Å². The maximum Gasteiger partial charge on any atom is 0.142 e. The monoisotopic (exact) mass is 460 g/mol. The Hall–Kier alpha value is -3.46. The van der Waals surface area contributed by atoms with Gasteiger partial charge in [0.25, 0.3) is 0 Å². The van der Waals surface area contributed by atoms with Crippen molar-refractivity contribution in [3.05, 3.63) is 48.7 Å². The number of pyridine rings is 2. The first-order valence-electron chi connectivity index (χ1n) is 11.8. The van der Waals surface area contributed by atoms with Gasteiger partial charge in [0.2, 0.25) is 0 Å². The molecule has 1 aliphatic rings. The zero-order valence-corrected chi connectivity index (χ0v) is 20.3. The lowest BCUT2D eigenvalue weighted by molar-refractivity contribution is 0.128. The minimum atomic E-state index is 0.190. The maximum atomic E-state index is 6.42. The second kappa shape index (κ2) is 9.42. The van der Waals surface area contributed by atoms with E-state index in [2.05, 4.69) is 36.0 Å². The number of nitrogens with zero attached hydrogens (tertiary/aromatic N) is 7. The number of hydrogen-bond donors (Lipinski definition) is 1. The number of aromatic nitrogens is 6. The van der Waals surface area contributed by atoms with Gasteiger partial charge < -0.3 is 15.0 Å². The van der Waals surface area contributed by atoms with Crippen molar-refractivity contribution >= 4 is 16.7 Å². The van der Waals surface area contributed by atoms with Gasteiger partial charge in [-0.05, 0) is 51.9 Å². The summed E-state index contributed by atoms with van der Waals surface area (Å²) in [5, 5.41) is 13.6. The van der Waals surface area contributed by atoms with Crippen molar-refractivity contribution in [3.8, 4) is 17.0 Å². The summed E-state index contributed by atoms with van der Waals surface area (Å²) in [5.74, 6) is 1.74. The molecule has 0 aromatic carbocycles. The Balaban J connectivity index is 1.37. The molecule has 9 heteroatoms. The average molecular weight is 461 g/mol. The second-order valence-electron chi connectivity index (χ2n) is 9.27. The first-order valence-corrected chi connectivity index (χ1v) is 11.8. The van der Waals surface area contributed by atoms with Crippen LogP contribution in [-0.4, -0.2) is 61.7 Å². The van der Waals surface area contributed by atoms with Gasteiger partial charge in [0, 0.05) is 56.2 Å². The molecule has 1 N–H and O–H groups in total. The third kappa shape index (κ3) is 4.48. The Morgan fingerprint density at radius 2 is 1.97 bits per heavy atom. The number of hydrogen-bond acceptors (Lipinski definition) is 7. The van der Waals surface area contributed by atoms with Gasteiger partial charge in [0.05, 0.1) is 29.6 Å². The molecule has 0 bridgehead atoms. The van der Waals surface area contributed by atoms with Crippen LogP contribution in [-0.2, 0) is 13.6 Å². The largest absolute Gasteiger partial charge is 0.488 e. The fraction of sp³-hybridized carbons (Fsp3) is 0.440. The highest BCUT2D eigenvalue weighted by atomic mass is 16.5. The van der Waals surface area contributed by atoms with Crippen LogP contribution in [0.3, 0.4) is 0 Å². The predicted molar refractivity (Wildman–Crippen MR) is 133 cm³/mol. The van der Waals surface area contributed by atoms with Crippen LogP contribution >= 0.6 is 0 Å². The number of nitrogens with one attached hydrogen (secondary N) is 1. The van der Waals surface area contributed by atoms with E-state index in [0.717, 1.165) is 71.6 Å². The topological polar surface area (TPSA) is 85.9 Å². The zero-order chi connectivity index (χ0) is 23.7. The van der Waals surface area contributed by atoms with Crippen LogP contribution in [0.1, 0.15) is 37.4 Å². The van der Waals surface area contributed by atoms with E-state index in [4.69, 9.17) is 9.84 Å². The van der Waals surface area contributed by atoms with E-state index in [0.29, 0.717) is 6.04 Å². The van der Waals surface area contributed by atoms with Crippen molar-refractivity contribution in [1.29, 1.82) is 0 Å². The summed E-state index contributed by atoms with van der Waals surface area (Å²) < 4.78 is 10.4. The summed E-state index contributed by atoms with van der Waals surface area (Å²) in [4.78, 5) is 11.2. The van der Waals surface area contributed by atoms with Gasteiger partial charge in [-0.15, -0.1) is 0 Å². The first-order chi connectivity index (χ1) is 16.5. The molecule has 0 unspecified atom stereocenters. The van der Waals surface area contributed by atoms with Crippen molar-refractivity contribution in [2.75, 3.05) is 26.5 Å². The normalized spacial score (nSPS) is 18.5. The summed E-state index contributed by atoms with van der Waals surface area (Å²) >= 11 is 0. The Morgan fingerprint density at radius 1 is 1.15 bits per heavy atom. The molecule has 9 nitrogen and oxygen atoms in total. The molecule has 0 atom stereocenters. The molecular formula is C25H32N8O. The number of ether oxygens (including phenoxy) is 1. The Kier molecular flexibility index (Phi) is 6.19. The lowest BCUT2D eigenvalue weighted by Crippen LogP contribution is -2.27. The molecule has 1 saturated carbocycles. The molecule has 1 aliphatic carbocycles. The summed E-state index contributed by atoms with van der Waals surface area (Å²) in [6, 6.07) is 6.39. The molecule has 178 valence electrons. The molecule has 0 spiro atoms. The van der Waals surface area contributed by atoms with Gasteiger partial charge in [0.1, 0.15) is 17.3 Å². The van der Waals surface area contributed by atoms with E-state index in [1.807, 2.05) is 65.1 Å². The highest BCUT2D eigenvalue weighted by molar-refractivity contribution is 5.93. The fourth-order valence-corrected chi connectivity index (χ4v) is 4.74. The van der Waals surface area contributed by atoms with Crippen LogP contribution in [0.15, 0.2) is 43.0 Å². The summed E-state index contributed by atoms with van der Waals surface area (Å²) in [6.07, 6.45) is 11.8. The molecule has 0 amide bonds. The smallest absolute Gasteiger partial charge is 0.142 e. The van der Waals surface area contributed by atoms with Gasteiger partial charge in [-0.2, -0.15) is 10.2 Å². The van der Waals surface area contributed by atoms with Crippen LogP contribution in [0.25, 0.3) is 22.2 Å². The highest BCUT2D eigenvalue weighted by Crippen LogP contribution is 2.36. The minimum absolute atomic E-state index is 0.190. The van der Waals surface area contributed by atoms with E-state index in [1.165, 1.54) is 0 Å². The Labute approximate surface area is 199 Å². The van der Waals surface area contributed by atoms with Crippen LogP contribution in [0, 0.1) is 0 Å². The van der Waals surface area contributed by atoms with Crippen LogP contribution < -0.4 is 10.1 Å².